The number of aryl methyl sites for hydroxylation is 1. The van der Waals surface area contributed by atoms with Crippen molar-refractivity contribution >= 4 is 21.7 Å². The van der Waals surface area contributed by atoms with Crippen LogP contribution < -0.4 is 9.64 Å². The first-order valence-electron chi connectivity index (χ1n) is 12.8. The summed E-state index contributed by atoms with van der Waals surface area (Å²) in [7, 11) is -2.16. The van der Waals surface area contributed by atoms with Crippen LogP contribution in [0.3, 0.4) is 0 Å². The Morgan fingerprint density at radius 3 is 2.26 bits per heavy atom. The summed E-state index contributed by atoms with van der Waals surface area (Å²) in [6, 6.07) is 17.9. The minimum atomic E-state index is -3.79. The molecule has 0 bridgehead atoms. The topological polar surface area (TPSA) is 95.9 Å². The summed E-state index contributed by atoms with van der Waals surface area (Å²) in [4.78, 5) is 17.3. The van der Waals surface area contributed by atoms with Crippen molar-refractivity contribution in [3.63, 3.8) is 0 Å². The molecule has 1 fully saturated rings. The highest BCUT2D eigenvalue weighted by Gasteiger charge is 2.31. The molecule has 0 atom stereocenters. The third-order valence-corrected chi connectivity index (χ3v) is 8.74. The van der Waals surface area contributed by atoms with Gasteiger partial charge in [0, 0.05) is 37.8 Å². The van der Waals surface area contributed by atoms with Crippen LogP contribution in [0.5, 0.6) is 5.75 Å². The molecule has 1 aromatic heterocycles. The second-order valence-corrected chi connectivity index (χ2v) is 11.6. The smallest absolute Gasteiger partial charge is 0.243 e. The average Bonchev–Trinajstić information content (AvgIpc) is 3.18. The number of rotatable bonds is 8. The van der Waals surface area contributed by atoms with E-state index < -0.39 is 10.0 Å². The molecule has 10 heteroatoms. The monoisotopic (exact) mass is 537 g/mol. The van der Waals surface area contributed by atoms with E-state index in [1.165, 1.54) is 4.31 Å². The quantitative estimate of drug-likeness (QED) is 0.433. The third kappa shape index (κ3) is 6.31. The fourth-order valence-corrected chi connectivity index (χ4v) is 6.02. The van der Waals surface area contributed by atoms with Gasteiger partial charge in [-0.3, -0.25) is 4.79 Å². The molecular weight excluding hydrogens is 502 g/mol. The number of ether oxygens (including phenoxy) is 1. The molecule has 9 nitrogen and oxygen atoms in total. The molecule has 2 aromatic carbocycles. The lowest BCUT2D eigenvalue weighted by atomic mass is 10.1. The van der Waals surface area contributed by atoms with E-state index in [2.05, 4.69) is 15.1 Å². The van der Waals surface area contributed by atoms with Crippen molar-refractivity contribution in [2.75, 3.05) is 44.7 Å². The standard InChI is InChI=1S/C28H35N5O4S/c1-21(2)33(38(35,36)25-12-6-22(3)7-13-25)20-28(34)32-17-5-16-31(18-19-32)27-15-14-26(29-30-27)23-8-10-24(37-4)11-9-23/h6-15,21H,5,16-20H2,1-4H3. The first-order chi connectivity index (χ1) is 18.2. The number of methoxy groups -OCH3 is 1. The zero-order valence-corrected chi connectivity index (χ0v) is 23.2. The molecule has 0 N–H and O–H groups in total. The van der Waals surface area contributed by atoms with E-state index in [-0.39, 0.29) is 23.4 Å². The van der Waals surface area contributed by atoms with Crippen LogP contribution in [0.4, 0.5) is 5.82 Å². The largest absolute Gasteiger partial charge is 0.497 e. The Balaban J connectivity index is 1.40. The Bertz CT molecular complexity index is 1330. The van der Waals surface area contributed by atoms with Crippen molar-refractivity contribution in [3.05, 3.63) is 66.2 Å². The first-order valence-corrected chi connectivity index (χ1v) is 14.2. The fourth-order valence-electron chi connectivity index (χ4n) is 4.43. The van der Waals surface area contributed by atoms with Gasteiger partial charge in [-0.2, -0.15) is 4.31 Å². The number of anilines is 1. The maximum atomic E-state index is 13.3. The van der Waals surface area contributed by atoms with Crippen LogP contribution in [0, 0.1) is 6.92 Å². The zero-order valence-electron chi connectivity index (χ0n) is 22.4. The highest BCUT2D eigenvalue weighted by atomic mass is 32.2. The molecule has 38 heavy (non-hydrogen) atoms. The second kappa shape index (κ2) is 11.9. The maximum absolute atomic E-state index is 13.3. The van der Waals surface area contributed by atoms with Gasteiger partial charge in [0.1, 0.15) is 5.75 Å². The van der Waals surface area contributed by atoms with E-state index >= 15 is 0 Å². The molecule has 4 rings (SSSR count). The molecular formula is C28H35N5O4S. The van der Waals surface area contributed by atoms with Gasteiger partial charge in [0.25, 0.3) is 0 Å². The van der Waals surface area contributed by atoms with Crippen LogP contribution in [0.15, 0.2) is 65.6 Å². The molecule has 202 valence electrons. The highest BCUT2D eigenvalue weighted by Crippen LogP contribution is 2.23. The predicted octanol–water partition coefficient (Wildman–Crippen LogP) is 3.60. The summed E-state index contributed by atoms with van der Waals surface area (Å²) >= 11 is 0. The third-order valence-electron chi connectivity index (χ3n) is 6.70. The molecule has 0 saturated carbocycles. The van der Waals surface area contributed by atoms with Crippen molar-refractivity contribution in [2.45, 2.75) is 38.1 Å². The van der Waals surface area contributed by atoms with E-state index in [9.17, 15) is 13.2 Å². The number of nitrogens with zero attached hydrogens (tertiary/aromatic N) is 5. The van der Waals surface area contributed by atoms with Gasteiger partial charge >= 0.3 is 0 Å². The minimum absolute atomic E-state index is 0.190. The Morgan fingerprint density at radius 2 is 1.66 bits per heavy atom. The van der Waals surface area contributed by atoms with Crippen molar-refractivity contribution < 1.29 is 17.9 Å². The second-order valence-electron chi connectivity index (χ2n) is 9.68. The van der Waals surface area contributed by atoms with Crippen molar-refractivity contribution in [2.24, 2.45) is 0 Å². The molecule has 3 aromatic rings. The molecule has 0 unspecified atom stereocenters. The zero-order chi connectivity index (χ0) is 27.3. The van der Waals surface area contributed by atoms with Gasteiger partial charge in [0.15, 0.2) is 5.82 Å². The number of amides is 1. The van der Waals surface area contributed by atoms with Gasteiger partial charge in [-0.15, -0.1) is 10.2 Å². The summed E-state index contributed by atoms with van der Waals surface area (Å²) in [5.41, 5.74) is 2.70. The molecule has 0 radical (unpaired) electrons. The number of sulfonamides is 1. The van der Waals surface area contributed by atoms with Gasteiger partial charge in [0.05, 0.1) is 24.2 Å². The highest BCUT2D eigenvalue weighted by molar-refractivity contribution is 7.89. The number of carbonyl (C=O) groups excluding carboxylic acids is 1. The van der Waals surface area contributed by atoms with E-state index in [1.54, 1.807) is 50.1 Å². The van der Waals surface area contributed by atoms with Crippen LogP contribution >= 0.6 is 0 Å². The predicted molar refractivity (Wildman–Crippen MR) is 148 cm³/mol. The molecule has 1 amide bonds. The summed E-state index contributed by atoms with van der Waals surface area (Å²) < 4.78 is 33.1. The van der Waals surface area contributed by atoms with Gasteiger partial charge in [-0.25, -0.2) is 8.42 Å². The Labute approximate surface area is 225 Å². The van der Waals surface area contributed by atoms with Crippen LogP contribution in [-0.2, 0) is 14.8 Å². The normalized spacial score (nSPS) is 14.6. The lowest BCUT2D eigenvalue weighted by Crippen LogP contribution is -2.46. The van der Waals surface area contributed by atoms with Crippen molar-refractivity contribution in [1.29, 1.82) is 0 Å². The SMILES string of the molecule is COc1ccc(-c2ccc(N3CCCN(C(=O)CN(C(C)C)S(=O)(=O)c4ccc(C)cc4)CC3)nn2)cc1. The molecule has 1 aliphatic heterocycles. The van der Waals surface area contributed by atoms with Crippen LogP contribution in [0.2, 0.25) is 0 Å². The number of hydrogen-bond donors (Lipinski definition) is 0. The number of aromatic nitrogens is 2. The van der Waals surface area contributed by atoms with E-state index in [0.717, 1.165) is 41.4 Å². The van der Waals surface area contributed by atoms with Gasteiger partial charge < -0.3 is 14.5 Å². The van der Waals surface area contributed by atoms with Gasteiger partial charge in [-0.1, -0.05) is 17.7 Å². The molecule has 0 spiro atoms. The molecule has 1 saturated heterocycles. The van der Waals surface area contributed by atoms with Crippen LogP contribution in [0.1, 0.15) is 25.8 Å². The maximum Gasteiger partial charge on any atom is 0.243 e. The lowest BCUT2D eigenvalue weighted by molar-refractivity contribution is -0.131. The Kier molecular flexibility index (Phi) is 8.63. The van der Waals surface area contributed by atoms with Crippen LogP contribution in [-0.4, -0.2) is 79.6 Å². The van der Waals surface area contributed by atoms with E-state index in [4.69, 9.17) is 4.74 Å². The number of hydrogen-bond acceptors (Lipinski definition) is 7. The van der Waals surface area contributed by atoms with Crippen molar-refractivity contribution in [1.82, 2.24) is 19.4 Å². The van der Waals surface area contributed by atoms with E-state index in [0.29, 0.717) is 19.6 Å². The van der Waals surface area contributed by atoms with Crippen LogP contribution in [0.25, 0.3) is 11.3 Å². The summed E-state index contributed by atoms with van der Waals surface area (Å²) in [6.07, 6.45) is 0.750. The van der Waals surface area contributed by atoms with Gasteiger partial charge in [-0.05, 0) is 75.7 Å². The lowest BCUT2D eigenvalue weighted by Gasteiger charge is -2.29. The molecule has 2 heterocycles. The van der Waals surface area contributed by atoms with Crippen molar-refractivity contribution in [3.8, 4) is 17.0 Å². The fraction of sp³-hybridized carbons (Fsp3) is 0.393. The first kappa shape index (κ1) is 27.5. The summed E-state index contributed by atoms with van der Waals surface area (Å²) in [5, 5.41) is 8.83. The minimum Gasteiger partial charge on any atom is -0.497 e. The summed E-state index contributed by atoms with van der Waals surface area (Å²) in [5.74, 6) is 1.34. The van der Waals surface area contributed by atoms with Gasteiger partial charge in [0.2, 0.25) is 15.9 Å². The number of carbonyl (C=O) groups is 1. The average molecular weight is 538 g/mol. The summed E-state index contributed by atoms with van der Waals surface area (Å²) in [6.45, 7) is 7.66. The molecule has 0 aliphatic carbocycles. The Hall–Kier alpha value is -3.50. The number of benzene rings is 2. The Morgan fingerprint density at radius 1 is 0.947 bits per heavy atom. The van der Waals surface area contributed by atoms with E-state index in [1.807, 2.05) is 43.3 Å². The molecule has 1 aliphatic rings.